The SMILES string of the molecule is Cc1ccccc1Oc1cc2cnc(Nc3ccc(N(C)C4CCCNC4)cc3)nc2n(C2Cc3ccccc3S(=O)(=O)C2)c1=O. The van der Waals surface area contributed by atoms with Crippen LogP contribution in [0.3, 0.4) is 0 Å². The molecule has 4 heterocycles. The Bertz CT molecular complexity index is 2070. The first kappa shape index (κ1) is 29.9. The summed E-state index contributed by atoms with van der Waals surface area (Å²) in [5.41, 5.74) is 3.33. The zero-order valence-electron chi connectivity index (χ0n) is 25.8. The van der Waals surface area contributed by atoms with Crippen molar-refractivity contribution in [2.45, 2.75) is 43.2 Å². The molecule has 5 aromatic rings. The predicted molar refractivity (Wildman–Crippen MR) is 180 cm³/mol. The standard InChI is InChI=1S/C35H36N6O4S/c1-23-8-3-5-11-30(23)45-31-19-25-20-37-35(38-26-13-15-27(16-14-26)40(2)28-10-7-17-36-21-28)39-33(25)41(34(31)42)29-18-24-9-4-6-12-32(24)46(43,44)22-29/h3-6,8-9,11-16,19-20,28-29,36H,7,10,17-18,21-22H2,1-2H3,(H,37,38,39). The summed E-state index contributed by atoms with van der Waals surface area (Å²) >= 11 is 0. The second kappa shape index (κ2) is 12.2. The first-order chi connectivity index (χ1) is 22.3. The van der Waals surface area contributed by atoms with Gasteiger partial charge in [0, 0.05) is 42.6 Å². The van der Waals surface area contributed by atoms with E-state index in [9.17, 15) is 13.2 Å². The van der Waals surface area contributed by atoms with Crippen LogP contribution >= 0.6 is 0 Å². The fourth-order valence-corrected chi connectivity index (χ4v) is 8.23. The van der Waals surface area contributed by atoms with Crippen LogP contribution in [-0.4, -0.2) is 54.9 Å². The highest BCUT2D eigenvalue weighted by atomic mass is 32.2. The molecule has 0 amide bonds. The van der Waals surface area contributed by atoms with Gasteiger partial charge in [0.25, 0.3) is 5.56 Å². The molecule has 2 N–H and O–H groups in total. The maximum atomic E-state index is 14.2. The fraction of sp³-hybridized carbons (Fsp3) is 0.286. The molecule has 0 radical (unpaired) electrons. The maximum Gasteiger partial charge on any atom is 0.295 e. The van der Waals surface area contributed by atoms with Crippen molar-refractivity contribution < 1.29 is 13.2 Å². The third-order valence-corrected chi connectivity index (χ3v) is 10.8. The molecule has 1 fully saturated rings. The van der Waals surface area contributed by atoms with E-state index in [2.05, 4.69) is 39.7 Å². The first-order valence-electron chi connectivity index (χ1n) is 15.5. The van der Waals surface area contributed by atoms with E-state index < -0.39 is 21.4 Å². The number of rotatable bonds is 7. The summed E-state index contributed by atoms with van der Waals surface area (Å²) in [5.74, 6) is 0.686. The van der Waals surface area contributed by atoms with Crippen LogP contribution in [0, 0.1) is 6.92 Å². The number of nitrogens with one attached hydrogen (secondary N) is 2. The van der Waals surface area contributed by atoms with Gasteiger partial charge in [-0.3, -0.25) is 9.36 Å². The van der Waals surface area contributed by atoms with Gasteiger partial charge in [-0.15, -0.1) is 0 Å². The maximum absolute atomic E-state index is 14.2. The lowest BCUT2D eigenvalue weighted by Gasteiger charge is -2.33. The Morgan fingerprint density at radius 3 is 2.59 bits per heavy atom. The van der Waals surface area contributed by atoms with Gasteiger partial charge < -0.3 is 20.3 Å². The zero-order chi connectivity index (χ0) is 31.8. The zero-order valence-corrected chi connectivity index (χ0v) is 26.6. The lowest BCUT2D eigenvalue weighted by molar-refractivity contribution is 0.445. The molecular weight excluding hydrogens is 600 g/mol. The average Bonchev–Trinajstić information content (AvgIpc) is 3.06. The second-order valence-electron chi connectivity index (χ2n) is 12.1. The normalized spacial score (nSPS) is 18.9. The van der Waals surface area contributed by atoms with Gasteiger partial charge in [0.05, 0.1) is 16.7 Å². The Labute approximate surface area is 268 Å². The minimum absolute atomic E-state index is 0.0789. The number of aromatic nitrogens is 3. The van der Waals surface area contributed by atoms with E-state index in [4.69, 9.17) is 9.72 Å². The number of fused-ring (bicyclic) bond motifs is 2. The number of aryl methyl sites for hydroxylation is 1. The van der Waals surface area contributed by atoms with E-state index in [1.54, 1.807) is 36.5 Å². The number of hydrogen-bond acceptors (Lipinski definition) is 9. The largest absolute Gasteiger partial charge is 0.451 e. The highest BCUT2D eigenvalue weighted by molar-refractivity contribution is 7.91. The Kier molecular flexibility index (Phi) is 7.95. The molecule has 0 saturated carbocycles. The molecule has 2 aliphatic heterocycles. The van der Waals surface area contributed by atoms with Gasteiger partial charge >= 0.3 is 0 Å². The van der Waals surface area contributed by atoms with E-state index in [1.807, 2.05) is 43.3 Å². The summed E-state index contributed by atoms with van der Waals surface area (Å²) in [6, 6.07) is 23.9. The molecule has 3 aromatic carbocycles. The molecule has 2 unspecified atom stereocenters. The van der Waals surface area contributed by atoms with Gasteiger partial charge in [-0.1, -0.05) is 36.4 Å². The van der Waals surface area contributed by atoms with Crippen molar-refractivity contribution in [2.24, 2.45) is 0 Å². The van der Waals surface area contributed by atoms with Crippen LogP contribution in [0.4, 0.5) is 17.3 Å². The molecule has 0 aliphatic carbocycles. The highest BCUT2D eigenvalue weighted by Gasteiger charge is 2.33. The third kappa shape index (κ3) is 5.83. The van der Waals surface area contributed by atoms with E-state index >= 15 is 0 Å². The summed E-state index contributed by atoms with van der Waals surface area (Å²) in [5, 5.41) is 7.29. The first-order valence-corrected chi connectivity index (χ1v) is 17.2. The Balaban J connectivity index is 1.26. The van der Waals surface area contributed by atoms with Crippen LogP contribution in [0.2, 0.25) is 0 Å². The molecule has 2 aromatic heterocycles. The van der Waals surface area contributed by atoms with Gasteiger partial charge in [0.1, 0.15) is 11.4 Å². The summed E-state index contributed by atoms with van der Waals surface area (Å²) in [6.45, 7) is 3.94. The molecule has 0 spiro atoms. The van der Waals surface area contributed by atoms with Crippen molar-refractivity contribution in [3.05, 3.63) is 107 Å². The van der Waals surface area contributed by atoms with Crippen molar-refractivity contribution in [3.8, 4) is 11.5 Å². The highest BCUT2D eigenvalue weighted by Crippen LogP contribution is 2.33. The van der Waals surface area contributed by atoms with Crippen LogP contribution in [0.15, 0.2) is 94.7 Å². The van der Waals surface area contributed by atoms with Crippen LogP contribution in [0.25, 0.3) is 11.0 Å². The van der Waals surface area contributed by atoms with E-state index in [0.717, 1.165) is 42.9 Å². The number of ether oxygens (including phenoxy) is 1. The van der Waals surface area contributed by atoms with Crippen molar-refractivity contribution >= 4 is 38.2 Å². The number of anilines is 3. The summed E-state index contributed by atoms with van der Waals surface area (Å²) in [7, 11) is -1.53. The minimum Gasteiger partial charge on any atom is -0.451 e. The van der Waals surface area contributed by atoms with Gasteiger partial charge in [0.2, 0.25) is 5.95 Å². The number of likely N-dealkylation sites (N-methyl/N-ethyl adjacent to an activating group) is 1. The van der Waals surface area contributed by atoms with Gasteiger partial charge in [-0.2, -0.15) is 4.98 Å². The number of nitrogens with zero attached hydrogens (tertiary/aromatic N) is 4. The van der Waals surface area contributed by atoms with Gasteiger partial charge in [-0.25, -0.2) is 13.4 Å². The third-order valence-electron chi connectivity index (χ3n) is 8.94. The number of pyridine rings is 1. The van der Waals surface area contributed by atoms with E-state index in [-0.39, 0.29) is 11.5 Å². The molecule has 0 bridgehead atoms. The van der Waals surface area contributed by atoms with Crippen LogP contribution in [-0.2, 0) is 16.3 Å². The van der Waals surface area contributed by atoms with Crippen LogP contribution in [0.1, 0.15) is 30.0 Å². The number of piperidine rings is 1. The summed E-state index contributed by atoms with van der Waals surface area (Å²) in [6.07, 6.45) is 4.31. The summed E-state index contributed by atoms with van der Waals surface area (Å²) in [4.78, 5) is 26.1. The number of sulfone groups is 1. The molecule has 11 heteroatoms. The quantitative estimate of drug-likeness (QED) is 0.242. The molecular formula is C35H36N6O4S. The molecule has 10 nitrogen and oxygen atoms in total. The molecule has 2 atom stereocenters. The van der Waals surface area contributed by atoms with Crippen molar-refractivity contribution in [2.75, 3.05) is 36.1 Å². The second-order valence-corrected chi connectivity index (χ2v) is 14.1. The lowest BCUT2D eigenvalue weighted by atomic mass is 10.1. The minimum atomic E-state index is -3.65. The van der Waals surface area contributed by atoms with Crippen molar-refractivity contribution in [1.29, 1.82) is 0 Å². The monoisotopic (exact) mass is 636 g/mol. The van der Waals surface area contributed by atoms with Crippen molar-refractivity contribution in [3.63, 3.8) is 0 Å². The van der Waals surface area contributed by atoms with Gasteiger partial charge in [-0.05, 0) is 86.3 Å². The Morgan fingerprint density at radius 1 is 1.02 bits per heavy atom. The topological polar surface area (TPSA) is 118 Å². The summed E-state index contributed by atoms with van der Waals surface area (Å²) < 4.78 is 34.4. The number of para-hydroxylation sites is 1. The van der Waals surface area contributed by atoms with Crippen LogP contribution in [0.5, 0.6) is 11.5 Å². The number of benzene rings is 3. The Hall–Kier alpha value is -4.74. The Morgan fingerprint density at radius 2 is 1.80 bits per heavy atom. The fourth-order valence-electron chi connectivity index (χ4n) is 6.44. The molecule has 46 heavy (non-hydrogen) atoms. The van der Waals surface area contributed by atoms with E-state index in [0.29, 0.717) is 45.7 Å². The molecule has 7 rings (SSSR count). The smallest absolute Gasteiger partial charge is 0.295 e. The van der Waals surface area contributed by atoms with Gasteiger partial charge in [0.15, 0.2) is 15.6 Å². The molecule has 1 saturated heterocycles. The van der Waals surface area contributed by atoms with Crippen LogP contribution < -0.4 is 25.8 Å². The number of hydrogen-bond donors (Lipinski definition) is 2. The molecule has 236 valence electrons. The van der Waals surface area contributed by atoms with E-state index in [1.165, 1.54) is 4.57 Å². The van der Waals surface area contributed by atoms with Crippen molar-refractivity contribution in [1.82, 2.24) is 19.9 Å². The average molecular weight is 637 g/mol. The molecule has 2 aliphatic rings. The predicted octanol–water partition coefficient (Wildman–Crippen LogP) is 5.40. The lowest BCUT2D eigenvalue weighted by Crippen LogP contribution is -2.44.